The first-order valence-corrected chi connectivity index (χ1v) is 5.33. The van der Waals surface area contributed by atoms with E-state index >= 15 is 0 Å². The number of aliphatic imine (C=N–C) groups is 1. The summed E-state index contributed by atoms with van der Waals surface area (Å²) in [5, 5.41) is 2.68. The maximum atomic E-state index is 11.6. The number of amides is 1. The zero-order valence-corrected chi connectivity index (χ0v) is 9.40. The lowest BCUT2D eigenvalue weighted by atomic mass is 10.1. The Bertz CT molecular complexity index is 494. The standard InChI is InChI=1S/C12H12N2O3/c1-2-17-10(15)7-13-11-8-5-3-4-6-9(8)14-12(11)16/h3-6H,2,7H2,1H3,(H,13,14,16). The largest absolute Gasteiger partial charge is 0.465 e. The second-order valence-electron chi connectivity index (χ2n) is 3.47. The SMILES string of the molecule is CCOC(=O)CN=C1C(=O)Nc2ccccc21. The van der Waals surface area contributed by atoms with E-state index in [2.05, 4.69) is 10.3 Å². The molecule has 0 atom stereocenters. The van der Waals surface area contributed by atoms with Crippen molar-refractivity contribution >= 4 is 23.3 Å². The average molecular weight is 232 g/mol. The Morgan fingerprint density at radius 2 is 2.18 bits per heavy atom. The minimum absolute atomic E-state index is 0.134. The van der Waals surface area contributed by atoms with Gasteiger partial charge < -0.3 is 10.1 Å². The topological polar surface area (TPSA) is 67.8 Å². The van der Waals surface area contributed by atoms with Crippen molar-refractivity contribution in [2.45, 2.75) is 6.92 Å². The second-order valence-corrected chi connectivity index (χ2v) is 3.47. The van der Waals surface area contributed by atoms with E-state index in [0.29, 0.717) is 6.61 Å². The number of anilines is 1. The van der Waals surface area contributed by atoms with Crippen LogP contribution in [-0.4, -0.2) is 30.7 Å². The van der Waals surface area contributed by atoms with E-state index in [1.165, 1.54) is 0 Å². The first-order chi connectivity index (χ1) is 8.22. The van der Waals surface area contributed by atoms with Gasteiger partial charge in [-0.05, 0) is 13.0 Å². The Kier molecular flexibility index (Phi) is 3.18. The highest BCUT2D eigenvalue weighted by atomic mass is 16.5. The van der Waals surface area contributed by atoms with Crippen LogP contribution in [0.4, 0.5) is 5.69 Å². The number of ether oxygens (including phenoxy) is 1. The number of fused-ring (bicyclic) bond motifs is 1. The monoisotopic (exact) mass is 232 g/mol. The summed E-state index contributed by atoms with van der Waals surface area (Å²) in [7, 11) is 0. The van der Waals surface area contributed by atoms with Crippen molar-refractivity contribution in [3.63, 3.8) is 0 Å². The molecule has 1 N–H and O–H groups in total. The second kappa shape index (κ2) is 4.78. The first kappa shape index (κ1) is 11.3. The highest BCUT2D eigenvalue weighted by molar-refractivity contribution is 6.53. The van der Waals surface area contributed by atoms with Gasteiger partial charge in [0.15, 0.2) is 0 Å². The number of hydrogen-bond donors (Lipinski definition) is 1. The summed E-state index contributed by atoms with van der Waals surface area (Å²) in [6.45, 7) is 1.90. The van der Waals surface area contributed by atoms with Gasteiger partial charge in [-0.1, -0.05) is 18.2 Å². The van der Waals surface area contributed by atoms with Gasteiger partial charge in [-0.25, -0.2) is 0 Å². The maximum absolute atomic E-state index is 11.6. The van der Waals surface area contributed by atoms with Gasteiger partial charge in [0.2, 0.25) is 0 Å². The van der Waals surface area contributed by atoms with Crippen LogP contribution in [-0.2, 0) is 14.3 Å². The van der Waals surface area contributed by atoms with Crippen LogP contribution in [0.5, 0.6) is 0 Å². The molecule has 1 aromatic rings. The number of benzene rings is 1. The van der Waals surface area contributed by atoms with Crippen LogP contribution >= 0.6 is 0 Å². The molecule has 0 saturated heterocycles. The zero-order chi connectivity index (χ0) is 12.3. The molecule has 0 saturated carbocycles. The highest BCUT2D eigenvalue weighted by Gasteiger charge is 2.25. The van der Waals surface area contributed by atoms with Crippen LogP contribution < -0.4 is 5.32 Å². The zero-order valence-electron chi connectivity index (χ0n) is 9.40. The number of hydrogen-bond acceptors (Lipinski definition) is 4. The number of carbonyl (C=O) groups excluding carboxylic acids is 2. The summed E-state index contributed by atoms with van der Waals surface area (Å²) in [6, 6.07) is 7.23. The number of nitrogens with one attached hydrogen (secondary N) is 1. The normalized spacial score (nSPS) is 15.6. The average Bonchev–Trinajstić information content (AvgIpc) is 2.62. The molecule has 1 aliphatic rings. The van der Waals surface area contributed by atoms with Gasteiger partial charge in [0.05, 0.1) is 12.3 Å². The Hall–Kier alpha value is -2.17. The molecule has 0 aromatic heterocycles. The molecule has 1 heterocycles. The van der Waals surface area contributed by atoms with Crippen LogP contribution in [0, 0.1) is 0 Å². The summed E-state index contributed by atoms with van der Waals surface area (Å²) in [5.74, 6) is -0.715. The van der Waals surface area contributed by atoms with Crippen LogP contribution in [0.25, 0.3) is 0 Å². The van der Waals surface area contributed by atoms with E-state index in [4.69, 9.17) is 4.74 Å². The summed E-state index contributed by atoms with van der Waals surface area (Å²) in [6.07, 6.45) is 0. The molecule has 2 rings (SSSR count). The van der Waals surface area contributed by atoms with Crippen molar-refractivity contribution < 1.29 is 14.3 Å². The highest BCUT2D eigenvalue weighted by Crippen LogP contribution is 2.22. The summed E-state index contributed by atoms with van der Waals surface area (Å²) in [4.78, 5) is 26.8. The van der Waals surface area contributed by atoms with E-state index in [1.807, 2.05) is 12.1 Å². The van der Waals surface area contributed by atoms with Crippen molar-refractivity contribution in [3.05, 3.63) is 29.8 Å². The summed E-state index contributed by atoms with van der Waals surface area (Å²) < 4.78 is 4.75. The van der Waals surface area contributed by atoms with Crippen LogP contribution in [0.2, 0.25) is 0 Å². The summed E-state index contributed by atoms with van der Waals surface area (Å²) >= 11 is 0. The third-order valence-electron chi connectivity index (χ3n) is 2.32. The molecule has 0 fully saturated rings. The molecule has 88 valence electrons. The molecule has 5 nitrogen and oxygen atoms in total. The predicted molar refractivity (Wildman–Crippen MR) is 63.1 cm³/mol. The number of rotatable bonds is 3. The quantitative estimate of drug-likeness (QED) is 0.790. The van der Waals surface area contributed by atoms with E-state index in [1.54, 1.807) is 19.1 Å². The Labute approximate surface area is 98.5 Å². The molecule has 0 spiro atoms. The lowest BCUT2D eigenvalue weighted by Gasteiger charge is -1.98. The molecule has 5 heteroatoms. The van der Waals surface area contributed by atoms with Gasteiger partial charge in [-0.2, -0.15) is 0 Å². The molecule has 1 aromatic carbocycles. The Morgan fingerprint density at radius 3 is 2.94 bits per heavy atom. The molecule has 0 radical (unpaired) electrons. The molecule has 0 aliphatic carbocycles. The molecular weight excluding hydrogens is 220 g/mol. The van der Waals surface area contributed by atoms with E-state index < -0.39 is 5.97 Å². The maximum Gasteiger partial charge on any atom is 0.327 e. The molecule has 1 amide bonds. The Morgan fingerprint density at radius 1 is 1.41 bits per heavy atom. The van der Waals surface area contributed by atoms with Gasteiger partial charge >= 0.3 is 5.97 Å². The van der Waals surface area contributed by atoms with Gasteiger partial charge in [0.25, 0.3) is 5.91 Å². The van der Waals surface area contributed by atoms with Gasteiger partial charge in [-0.15, -0.1) is 0 Å². The van der Waals surface area contributed by atoms with Crippen LogP contribution in [0.3, 0.4) is 0 Å². The number of para-hydroxylation sites is 1. The van der Waals surface area contributed by atoms with Gasteiger partial charge in [-0.3, -0.25) is 14.6 Å². The third-order valence-corrected chi connectivity index (χ3v) is 2.32. The summed E-state index contributed by atoms with van der Waals surface area (Å²) in [5.41, 5.74) is 1.73. The number of carbonyl (C=O) groups is 2. The van der Waals surface area contributed by atoms with E-state index in [9.17, 15) is 9.59 Å². The van der Waals surface area contributed by atoms with Gasteiger partial charge in [0, 0.05) is 5.56 Å². The fraction of sp³-hybridized carbons (Fsp3) is 0.250. The van der Waals surface area contributed by atoms with Crippen molar-refractivity contribution in [1.29, 1.82) is 0 Å². The third kappa shape index (κ3) is 2.33. The number of nitrogens with zero attached hydrogens (tertiary/aromatic N) is 1. The smallest absolute Gasteiger partial charge is 0.327 e. The molecule has 0 bridgehead atoms. The van der Waals surface area contributed by atoms with Crippen LogP contribution in [0.1, 0.15) is 12.5 Å². The lowest BCUT2D eigenvalue weighted by molar-refractivity contribution is -0.141. The van der Waals surface area contributed by atoms with Crippen molar-refractivity contribution in [2.75, 3.05) is 18.5 Å². The van der Waals surface area contributed by atoms with E-state index in [0.717, 1.165) is 11.3 Å². The minimum Gasteiger partial charge on any atom is -0.465 e. The van der Waals surface area contributed by atoms with Crippen LogP contribution in [0.15, 0.2) is 29.3 Å². The number of esters is 1. The van der Waals surface area contributed by atoms with Gasteiger partial charge in [0.1, 0.15) is 12.3 Å². The Balaban J connectivity index is 2.19. The minimum atomic E-state index is -0.433. The van der Waals surface area contributed by atoms with Crippen molar-refractivity contribution in [3.8, 4) is 0 Å². The molecular formula is C12H12N2O3. The predicted octanol–water partition coefficient (Wildman–Crippen LogP) is 0.991. The molecule has 1 aliphatic heterocycles. The van der Waals surface area contributed by atoms with Crippen molar-refractivity contribution in [2.24, 2.45) is 4.99 Å². The molecule has 0 unspecified atom stereocenters. The van der Waals surface area contributed by atoms with Crippen molar-refractivity contribution in [1.82, 2.24) is 0 Å². The molecule has 17 heavy (non-hydrogen) atoms. The lowest BCUT2D eigenvalue weighted by Crippen LogP contribution is -2.17. The fourth-order valence-electron chi connectivity index (χ4n) is 1.61. The first-order valence-electron chi connectivity index (χ1n) is 5.33. The fourth-order valence-corrected chi connectivity index (χ4v) is 1.61. The van der Waals surface area contributed by atoms with E-state index in [-0.39, 0.29) is 18.2 Å².